The number of amides is 1. The normalized spacial score (nSPS) is 30.5. The zero-order valence-corrected chi connectivity index (χ0v) is 18.4. The summed E-state index contributed by atoms with van der Waals surface area (Å²) >= 11 is 0. The molecule has 4 aliphatic rings. The minimum Gasteiger partial charge on any atom is -0.345 e. The number of hydrogen-bond acceptors (Lipinski definition) is 4. The Kier molecular flexibility index (Phi) is 4.29. The second-order valence-corrected chi connectivity index (χ2v) is 10.5. The average Bonchev–Trinajstić information content (AvgIpc) is 3.08. The van der Waals surface area contributed by atoms with Gasteiger partial charge in [0, 0.05) is 30.6 Å². The molecule has 0 aliphatic heterocycles. The van der Waals surface area contributed by atoms with Gasteiger partial charge < -0.3 is 5.32 Å². The number of rotatable bonds is 5. The number of aromatic nitrogens is 3. The average molecular weight is 429 g/mol. The van der Waals surface area contributed by atoms with Gasteiger partial charge in [0.2, 0.25) is 0 Å². The largest absolute Gasteiger partial charge is 0.345 e. The van der Waals surface area contributed by atoms with E-state index in [0.717, 1.165) is 43.0 Å². The molecule has 2 aromatic heterocycles. The predicted octanol–water partition coefficient (Wildman–Crippen LogP) is 4.31. The second-order valence-electron chi connectivity index (χ2n) is 10.5. The Morgan fingerprint density at radius 1 is 1.06 bits per heavy atom. The van der Waals surface area contributed by atoms with E-state index in [2.05, 4.69) is 15.4 Å². The summed E-state index contributed by atoms with van der Waals surface area (Å²) in [4.78, 5) is 30.8. The van der Waals surface area contributed by atoms with Crippen molar-refractivity contribution in [2.24, 2.45) is 24.3 Å². The molecular formula is C26H28N4O2. The summed E-state index contributed by atoms with van der Waals surface area (Å²) in [6.07, 6.45) is 8.52. The summed E-state index contributed by atoms with van der Waals surface area (Å²) in [7, 11) is 1.86. The van der Waals surface area contributed by atoms with Crippen LogP contribution in [0.5, 0.6) is 0 Å². The van der Waals surface area contributed by atoms with Crippen molar-refractivity contribution in [1.29, 1.82) is 0 Å². The van der Waals surface area contributed by atoms with Gasteiger partial charge in [0.15, 0.2) is 5.78 Å². The monoisotopic (exact) mass is 428 g/mol. The standard InChI is InChI=1S/C26H28N4O2/c1-30-23(19-6-2-3-7-20(19)29-30)22(31)15-25-11-17-10-18(12-25)14-26(13-17,16-25)28-24(32)21-8-4-5-9-27-21/h2-9,17-18H,10-16H2,1H3,(H,28,32). The number of ketones is 1. The van der Waals surface area contributed by atoms with Crippen LogP contribution < -0.4 is 5.32 Å². The molecule has 4 fully saturated rings. The molecule has 6 nitrogen and oxygen atoms in total. The van der Waals surface area contributed by atoms with Crippen LogP contribution in [0.2, 0.25) is 0 Å². The van der Waals surface area contributed by atoms with Crippen LogP contribution in [-0.4, -0.2) is 32.0 Å². The Morgan fingerprint density at radius 2 is 1.81 bits per heavy atom. The maximum atomic E-state index is 13.6. The van der Waals surface area contributed by atoms with Gasteiger partial charge in [-0.25, -0.2) is 0 Å². The lowest BCUT2D eigenvalue weighted by Gasteiger charge is -2.62. The molecule has 2 unspecified atom stereocenters. The fraction of sp³-hybridized carbons (Fsp3) is 0.462. The van der Waals surface area contributed by atoms with Gasteiger partial charge in [-0.15, -0.1) is 0 Å². The lowest BCUT2D eigenvalue weighted by Crippen LogP contribution is -2.63. The molecule has 0 spiro atoms. The third kappa shape index (κ3) is 3.15. The number of carbonyl (C=O) groups excluding carboxylic acids is 2. The van der Waals surface area contributed by atoms with Gasteiger partial charge in [0.1, 0.15) is 11.4 Å². The number of fused-ring (bicyclic) bond motifs is 1. The summed E-state index contributed by atoms with van der Waals surface area (Å²) in [5, 5.41) is 8.86. The Bertz CT molecular complexity index is 1200. The molecule has 7 rings (SSSR count). The van der Waals surface area contributed by atoms with Crippen molar-refractivity contribution in [2.75, 3.05) is 0 Å². The van der Waals surface area contributed by atoms with Gasteiger partial charge in [0.25, 0.3) is 5.91 Å². The smallest absolute Gasteiger partial charge is 0.270 e. The zero-order chi connectivity index (χ0) is 21.9. The SMILES string of the molecule is Cn1nc2ccccc2c1C(=O)CC12CC3CC(C1)CC(NC(=O)c1ccccn1)(C3)C2. The molecule has 4 bridgehead atoms. The Morgan fingerprint density at radius 3 is 2.56 bits per heavy atom. The molecule has 1 amide bonds. The first-order valence-electron chi connectivity index (χ1n) is 11.6. The van der Waals surface area contributed by atoms with E-state index < -0.39 is 0 Å². The lowest BCUT2D eigenvalue weighted by atomic mass is 9.46. The first-order chi connectivity index (χ1) is 15.4. The van der Waals surface area contributed by atoms with Crippen LogP contribution in [-0.2, 0) is 7.05 Å². The first kappa shape index (κ1) is 19.6. The highest BCUT2D eigenvalue weighted by molar-refractivity contribution is 6.06. The number of aryl methyl sites for hydroxylation is 1. The van der Waals surface area contributed by atoms with E-state index in [4.69, 9.17) is 0 Å². The minimum absolute atomic E-state index is 0.0378. The minimum atomic E-state index is -0.215. The molecule has 0 radical (unpaired) electrons. The Balaban J connectivity index is 1.28. The zero-order valence-electron chi connectivity index (χ0n) is 18.4. The van der Waals surface area contributed by atoms with Crippen LogP contribution in [0.3, 0.4) is 0 Å². The molecule has 32 heavy (non-hydrogen) atoms. The van der Waals surface area contributed by atoms with E-state index in [1.165, 1.54) is 6.42 Å². The van der Waals surface area contributed by atoms with E-state index >= 15 is 0 Å². The van der Waals surface area contributed by atoms with E-state index in [-0.39, 0.29) is 22.6 Å². The third-order valence-corrected chi connectivity index (χ3v) is 8.00. The maximum absolute atomic E-state index is 13.6. The summed E-state index contributed by atoms with van der Waals surface area (Å²) in [6.45, 7) is 0. The van der Waals surface area contributed by atoms with Crippen molar-refractivity contribution in [2.45, 2.75) is 50.5 Å². The fourth-order valence-electron chi connectivity index (χ4n) is 7.51. The van der Waals surface area contributed by atoms with Crippen molar-refractivity contribution < 1.29 is 9.59 Å². The quantitative estimate of drug-likeness (QED) is 0.615. The van der Waals surface area contributed by atoms with Crippen LogP contribution >= 0.6 is 0 Å². The number of nitrogens with one attached hydrogen (secondary N) is 1. The van der Waals surface area contributed by atoms with E-state index in [9.17, 15) is 9.59 Å². The summed E-state index contributed by atoms with van der Waals surface area (Å²) < 4.78 is 1.74. The van der Waals surface area contributed by atoms with Gasteiger partial charge in [-0.2, -0.15) is 5.10 Å². The highest BCUT2D eigenvalue weighted by Gasteiger charge is 2.58. The summed E-state index contributed by atoms with van der Waals surface area (Å²) in [6, 6.07) is 13.3. The molecule has 2 heterocycles. The Hall–Kier alpha value is -3.02. The van der Waals surface area contributed by atoms with E-state index in [1.54, 1.807) is 16.9 Å². The summed E-state index contributed by atoms with van der Waals surface area (Å²) in [5.74, 6) is 1.24. The maximum Gasteiger partial charge on any atom is 0.270 e. The highest BCUT2D eigenvalue weighted by Crippen LogP contribution is 2.63. The van der Waals surface area contributed by atoms with Gasteiger partial charge in [-0.3, -0.25) is 19.3 Å². The number of nitrogens with zero attached hydrogens (tertiary/aromatic N) is 3. The molecule has 0 saturated heterocycles. The van der Waals surface area contributed by atoms with E-state index in [1.807, 2.05) is 43.4 Å². The fourth-order valence-corrected chi connectivity index (χ4v) is 7.51. The van der Waals surface area contributed by atoms with Crippen LogP contribution in [0.15, 0.2) is 48.7 Å². The summed E-state index contributed by atoms with van der Waals surface area (Å²) in [5.41, 5.74) is 1.79. The number of benzene rings is 1. The lowest BCUT2D eigenvalue weighted by molar-refractivity contribution is -0.0771. The molecule has 6 heteroatoms. The van der Waals surface area contributed by atoms with Crippen molar-refractivity contribution in [3.63, 3.8) is 0 Å². The molecule has 2 atom stereocenters. The molecule has 1 aromatic carbocycles. The number of pyridine rings is 1. The first-order valence-corrected chi connectivity index (χ1v) is 11.6. The van der Waals surface area contributed by atoms with Gasteiger partial charge >= 0.3 is 0 Å². The predicted molar refractivity (Wildman–Crippen MR) is 121 cm³/mol. The molecule has 3 aromatic rings. The number of carbonyl (C=O) groups is 2. The third-order valence-electron chi connectivity index (χ3n) is 8.00. The van der Waals surface area contributed by atoms with Crippen LogP contribution in [0.25, 0.3) is 10.9 Å². The second kappa shape index (κ2) is 6.99. The van der Waals surface area contributed by atoms with Crippen LogP contribution in [0.4, 0.5) is 0 Å². The van der Waals surface area contributed by atoms with E-state index in [0.29, 0.717) is 29.6 Å². The number of hydrogen-bond donors (Lipinski definition) is 1. The molecule has 4 saturated carbocycles. The van der Waals surface area contributed by atoms with Crippen LogP contribution in [0, 0.1) is 17.3 Å². The van der Waals surface area contributed by atoms with Crippen molar-refractivity contribution >= 4 is 22.6 Å². The molecule has 1 N–H and O–H groups in total. The highest BCUT2D eigenvalue weighted by atomic mass is 16.2. The molecule has 4 aliphatic carbocycles. The Labute approximate surface area is 187 Å². The van der Waals surface area contributed by atoms with Crippen molar-refractivity contribution in [3.05, 3.63) is 60.0 Å². The number of Topliss-reactive ketones (excluding diaryl/α,β-unsaturated/α-hetero) is 1. The van der Waals surface area contributed by atoms with Crippen molar-refractivity contribution in [1.82, 2.24) is 20.1 Å². The molecular weight excluding hydrogens is 400 g/mol. The topological polar surface area (TPSA) is 76.9 Å². The van der Waals surface area contributed by atoms with Gasteiger partial charge in [0.05, 0.1) is 5.52 Å². The molecule has 164 valence electrons. The van der Waals surface area contributed by atoms with Gasteiger partial charge in [-0.05, 0) is 74.0 Å². The van der Waals surface area contributed by atoms with Crippen LogP contribution in [0.1, 0.15) is 65.9 Å². The van der Waals surface area contributed by atoms with Crippen molar-refractivity contribution in [3.8, 4) is 0 Å². The van der Waals surface area contributed by atoms with Gasteiger partial charge in [-0.1, -0.05) is 24.3 Å².